The number of aryl methyl sites for hydroxylation is 1. The third kappa shape index (κ3) is 4.73. The molecule has 2 aliphatic heterocycles. The van der Waals surface area contributed by atoms with Gasteiger partial charge in [0.25, 0.3) is 0 Å². The Morgan fingerprint density at radius 3 is 2.60 bits per heavy atom. The van der Waals surface area contributed by atoms with Crippen LogP contribution in [-0.2, 0) is 0 Å². The first-order valence-electron chi connectivity index (χ1n) is 9.61. The molecular weight excluding hydrogens is 314 g/mol. The highest BCUT2D eigenvalue weighted by atomic mass is 16.3. The van der Waals surface area contributed by atoms with Gasteiger partial charge in [-0.15, -0.1) is 0 Å². The fourth-order valence-electron chi connectivity index (χ4n) is 3.99. The van der Waals surface area contributed by atoms with Crippen LogP contribution in [0.15, 0.2) is 24.3 Å². The number of carbonyl (C=O) groups excluding carboxylic acids is 1. The van der Waals surface area contributed by atoms with Crippen molar-refractivity contribution in [2.75, 3.05) is 39.3 Å². The standard InChI is InChI=1S/C20H31N3O2/c1-16-6-8-18(9-7-16)19(22-10-2-3-11-22)13-21-20(25)23-12-4-5-17(14-23)15-24/h6-9,17,19,24H,2-5,10-15H2,1H3,(H,21,25). The topological polar surface area (TPSA) is 55.8 Å². The van der Waals surface area contributed by atoms with Gasteiger partial charge < -0.3 is 15.3 Å². The molecule has 0 aliphatic carbocycles. The molecule has 3 rings (SSSR count). The Hall–Kier alpha value is -1.59. The number of rotatable bonds is 5. The molecule has 2 unspecified atom stereocenters. The largest absolute Gasteiger partial charge is 0.396 e. The Labute approximate surface area is 151 Å². The van der Waals surface area contributed by atoms with Gasteiger partial charge in [-0.1, -0.05) is 29.8 Å². The lowest BCUT2D eigenvalue weighted by Crippen LogP contribution is -2.48. The summed E-state index contributed by atoms with van der Waals surface area (Å²) >= 11 is 0. The van der Waals surface area contributed by atoms with Crippen molar-refractivity contribution in [3.8, 4) is 0 Å². The molecule has 0 bridgehead atoms. The number of aliphatic hydroxyl groups excluding tert-OH is 1. The van der Waals surface area contributed by atoms with Crippen molar-refractivity contribution in [3.05, 3.63) is 35.4 Å². The van der Waals surface area contributed by atoms with Gasteiger partial charge in [-0.2, -0.15) is 0 Å². The number of benzene rings is 1. The number of likely N-dealkylation sites (tertiary alicyclic amines) is 2. The number of hydrogen-bond acceptors (Lipinski definition) is 3. The molecule has 2 amide bonds. The summed E-state index contributed by atoms with van der Waals surface area (Å²) in [6.45, 7) is 6.58. The lowest BCUT2D eigenvalue weighted by Gasteiger charge is -2.33. The molecule has 5 heteroatoms. The highest BCUT2D eigenvalue weighted by Gasteiger charge is 2.26. The van der Waals surface area contributed by atoms with Gasteiger partial charge in [0.1, 0.15) is 0 Å². The maximum absolute atomic E-state index is 12.6. The summed E-state index contributed by atoms with van der Waals surface area (Å²) in [5.74, 6) is 0.228. The van der Waals surface area contributed by atoms with E-state index in [1.165, 1.54) is 24.0 Å². The number of urea groups is 1. The van der Waals surface area contributed by atoms with Gasteiger partial charge in [-0.25, -0.2) is 4.79 Å². The van der Waals surface area contributed by atoms with Gasteiger partial charge in [0.2, 0.25) is 0 Å². The van der Waals surface area contributed by atoms with Crippen molar-refractivity contribution in [2.45, 2.75) is 38.6 Å². The Morgan fingerprint density at radius 2 is 1.92 bits per heavy atom. The molecule has 2 saturated heterocycles. The predicted octanol–water partition coefficient (Wildman–Crippen LogP) is 2.55. The third-order valence-electron chi connectivity index (χ3n) is 5.55. The maximum atomic E-state index is 12.6. The second-order valence-corrected chi connectivity index (χ2v) is 7.49. The average molecular weight is 345 g/mol. The van der Waals surface area contributed by atoms with Crippen LogP contribution in [0.5, 0.6) is 0 Å². The Kier molecular flexibility index (Phi) is 6.32. The number of carbonyl (C=O) groups is 1. The molecule has 0 saturated carbocycles. The van der Waals surface area contributed by atoms with E-state index in [9.17, 15) is 9.90 Å². The number of hydrogen-bond donors (Lipinski definition) is 2. The zero-order valence-corrected chi connectivity index (χ0v) is 15.3. The van der Waals surface area contributed by atoms with Gasteiger partial charge in [0.05, 0.1) is 6.04 Å². The van der Waals surface area contributed by atoms with Gasteiger partial charge in [-0.3, -0.25) is 4.90 Å². The van der Waals surface area contributed by atoms with Crippen LogP contribution in [0.1, 0.15) is 42.9 Å². The molecule has 138 valence electrons. The van der Waals surface area contributed by atoms with Crippen LogP contribution in [0, 0.1) is 12.8 Å². The smallest absolute Gasteiger partial charge is 0.317 e. The fraction of sp³-hybridized carbons (Fsp3) is 0.650. The molecule has 2 N–H and O–H groups in total. The third-order valence-corrected chi connectivity index (χ3v) is 5.55. The number of piperidine rings is 1. The summed E-state index contributed by atoms with van der Waals surface area (Å²) in [6.07, 6.45) is 4.47. The fourth-order valence-corrected chi connectivity index (χ4v) is 3.99. The molecule has 0 radical (unpaired) electrons. The van der Waals surface area contributed by atoms with Gasteiger partial charge in [-0.05, 0) is 57.2 Å². The van der Waals surface area contributed by atoms with Crippen molar-refractivity contribution in [2.24, 2.45) is 5.92 Å². The van der Waals surface area contributed by atoms with E-state index >= 15 is 0 Å². The van der Waals surface area contributed by atoms with Crippen LogP contribution in [0.2, 0.25) is 0 Å². The van der Waals surface area contributed by atoms with Crippen molar-refractivity contribution in [1.82, 2.24) is 15.1 Å². The molecule has 2 atom stereocenters. The molecule has 1 aromatic rings. The molecule has 5 nitrogen and oxygen atoms in total. The molecule has 0 aromatic heterocycles. The van der Waals surface area contributed by atoms with Crippen LogP contribution >= 0.6 is 0 Å². The summed E-state index contributed by atoms with van der Waals surface area (Å²) in [6, 6.07) is 8.92. The number of nitrogens with one attached hydrogen (secondary N) is 1. The summed E-state index contributed by atoms with van der Waals surface area (Å²) in [5.41, 5.74) is 2.54. The van der Waals surface area contributed by atoms with E-state index in [-0.39, 0.29) is 24.6 Å². The number of nitrogens with zero attached hydrogens (tertiary/aromatic N) is 2. The van der Waals surface area contributed by atoms with Crippen LogP contribution in [-0.4, -0.2) is 60.3 Å². The Balaban J connectivity index is 1.62. The summed E-state index contributed by atoms with van der Waals surface area (Å²) in [7, 11) is 0. The van der Waals surface area contributed by atoms with Gasteiger partial charge in [0, 0.05) is 26.2 Å². The van der Waals surface area contributed by atoms with Crippen LogP contribution in [0.25, 0.3) is 0 Å². The quantitative estimate of drug-likeness (QED) is 0.862. The van der Waals surface area contributed by atoms with E-state index in [0.717, 1.165) is 32.5 Å². The molecule has 1 aromatic carbocycles. The molecule has 2 heterocycles. The number of amides is 2. The zero-order chi connectivity index (χ0) is 17.6. The minimum Gasteiger partial charge on any atom is -0.396 e. The van der Waals surface area contributed by atoms with Crippen molar-refractivity contribution >= 4 is 6.03 Å². The van der Waals surface area contributed by atoms with E-state index in [1.54, 1.807) is 0 Å². The molecule has 0 spiro atoms. The first kappa shape index (κ1) is 18.2. The average Bonchev–Trinajstić information content (AvgIpc) is 3.17. The second-order valence-electron chi connectivity index (χ2n) is 7.49. The molecule has 2 aliphatic rings. The Bertz CT molecular complexity index is 555. The van der Waals surface area contributed by atoms with Crippen molar-refractivity contribution in [1.29, 1.82) is 0 Å². The van der Waals surface area contributed by atoms with E-state index in [0.29, 0.717) is 13.1 Å². The highest BCUT2D eigenvalue weighted by Crippen LogP contribution is 2.25. The van der Waals surface area contributed by atoms with E-state index < -0.39 is 0 Å². The normalized spacial score (nSPS) is 22.8. The first-order valence-corrected chi connectivity index (χ1v) is 9.61. The second kappa shape index (κ2) is 8.68. The first-order chi connectivity index (χ1) is 12.2. The van der Waals surface area contributed by atoms with Gasteiger partial charge >= 0.3 is 6.03 Å². The van der Waals surface area contributed by atoms with Crippen LogP contribution in [0.4, 0.5) is 4.79 Å². The van der Waals surface area contributed by atoms with Crippen molar-refractivity contribution in [3.63, 3.8) is 0 Å². The monoisotopic (exact) mass is 345 g/mol. The van der Waals surface area contributed by atoms with E-state index in [4.69, 9.17) is 0 Å². The molecular formula is C20H31N3O2. The summed E-state index contributed by atoms with van der Waals surface area (Å²) < 4.78 is 0. The lowest BCUT2D eigenvalue weighted by molar-refractivity contribution is 0.127. The minimum absolute atomic E-state index is 0.00876. The molecule has 2 fully saturated rings. The summed E-state index contributed by atoms with van der Waals surface area (Å²) in [4.78, 5) is 16.9. The summed E-state index contributed by atoms with van der Waals surface area (Å²) in [5, 5.41) is 12.5. The predicted molar refractivity (Wildman–Crippen MR) is 99.5 cm³/mol. The van der Waals surface area contributed by atoms with Crippen LogP contribution in [0.3, 0.4) is 0 Å². The van der Waals surface area contributed by atoms with E-state index in [2.05, 4.69) is 41.4 Å². The van der Waals surface area contributed by atoms with Gasteiger partial charge in [0.15, 0.2) is 0 Å². The lowest BCUT2D eigenvalue weighted by atomic mass is 9.99. The highest BCUT2D eigenvalue weighted by molar-refractivity contribution is 5.74. The number of aliphatic hydroxyl groups is 1. The molecule has 25 heavy (non-hydrogen) atoms. The SMILES string of the molecule is Cc1ccc(C(CNC(=O)N2CCCC(CO)C2)N2CCCC2)cc1. The minimum atomic E-state index is 0.00876. The van der Waals surface area contributed by atoms with Crippen LogP contribution < -0.4 is 5.32 Å². The zero-order valence-electron chi connectivity index (χ0n) is 15.3. The van der Waals surface area contributed by atoms with Crippen molar-refractivity contribution < 1.29 is 9.90 Å². The Morgan fingerprint density at radius 1 is 1.20 bits per heavy atom. The van der Waals surface area contributed by atoms with E-state index in [1.807, 2.05) is 4.90 Å². The maximum Gasteiger partial charge on any atom is 0.317 e.